The van der Waals surface area contributed by atoms with Gasteiger partial charge in [-0.05, 0) is 47.3 Å². The number of H-pyrrole nitrogens is 1. The molecule has 2 amide bonds. The summed E-state index contributed by atoms with van der Waals surface area (Å²) in [4.78, 5) is 32.8. The predicted molar refractivity (Wildman–Crippen MR) is 149 cm³/mol. The van der Waals surface area contributed by atoms with E-state index in [0.29, 0.717) is 5.56 Å². The van der Waals surface area contributed by atoms with Crippen LogP contribution in [0.2, 0.25) is 0 Å². The molecule has 0 unspecified atom stereocenters. The predicted octanol–water partition coefficient (Wildman–Crippen LogP) is 4.14. The molecule has 1 saturated heterocycles. The molecule has 1 aliphatic heterocycles. The molecule has 1 aromatic heterocycles. The van der Waals surface area contributed by atoms with Crippen LogP contribution >= 0.6 is 0 Å². The van der Waals surface area contributed by atoms with Crippen molar-refractivity contribution in [2.45, 2.75) is 6.42 Å². The molecule has 4 aromatic carbocycles. The quantitative estimate of drug-likeness (QED) is 0.328. The Balaban J connectivity index is 1.55. The molecule has 6 rings (SSSR count). The molecule has 0 aliphatic carbocycles. The van der Waals surface area contributed by atoms with E-state index in [1.165, 1.54) is 0 Å². The Labute approximate surface area is 214 Å². The topological polar surface area (TPSA) is 108 Å². The van der Waals surface area contributed by atoms with Crippen LogP contribution in [0.15, 0.2) is 66.7 Å². The number of hydrogen-bond donors (Lipinski definition) is 3. The lowest BCUT2D eigenvalue weighted by Crippen LogP contribution is -2.47. The van der Waals surface area contributed by atoms with Gasteiger partial charge in [0.15, 0.2) is 0 Å². The molecule has 0 saturated carbocycles. The molecule has 0 radical (unpaired) electrons. The number of aromatic amines is 1. The monoisotopic (exact) mass is 491 g/mol. The smallest absolute Gasteiger partial charge is 0.254 e. The summed E-state index contributed by atoms with van der Waals surface area (Å²) in [7, 11) is 2.07. The number of anilines is 1. The van der Waals surface area contributed by atoms with Gasteiger partial charge in [-0.25, -0.2) is 0 Å². The number of amides is 2. The zero-order chi connectivity index (χ0) is 25.7. The van der Waals surface area contributed by atoms with Crippen LogP contribution in [-0.2, 0) is 11.2 Å². The Morgan fingerprint density at radius 1 is 0.865 bits per heavy atom. The molecular weight excluding hydrogens is 462 g/mol. The van der Waals surface area contributed by atoms with Gasteiger partial charge in [0.25, 0.3) is 5.91 Å². The highest BCUT2D eigenvalue weighted by Crippen LogP contribution is 2.40. The summed E-state index contributed by atoms with van der Waals surface area (Å²) in [5, 5.41) is 4.05. The summed E-state index contributed by atoms with van der Waals surface area (Å²) in [6.45, 7) is 3.18. The summed E-state index contributed by atoms with van der Waals surface area (Å²) in [6, 6.07) is 21.9. The fourth-order valence-corrected chi connectivity index (χ4v) is 5.51. The Kier molecular flexibility index (Phi) is 5.57. The summed E-state index contributed by atoms with van der Waals surface area (Å²) in [5.74, 6) is -0.354. The molecule has 0 spiro atoms. The maximum atomic E-state index is 13.3. The molecule has 37 heavy (non-hydrogen) atoms. The molecule has 1 fully saturated rings. The van der Waals surface area contributed by atoms with Gasteiger partial charge in [-0.1, -0.05) is 48.5 Å². The summed E-state index contributed by atoms with van der Waals surface area (Å²) >= 11 is 0. The third kappa shape index (κ3) is 3.97. The molecule has 5 N–H and O–H groups in total. The van der Waals surface area contributed by atoms with Crippen molar-refractivity contribution in [3.05, 3.63) is 77.9 Å². The largest absolute Gasteiger partial charge is 0.398 e. The maximum absolute atomic E-state index is 13.3. The van der Waals surface area contributed by atoms with Crippen molar-refractivity contribution in [1.82, 2.24) is 14.8 Å². The Morgan fingerprint density at radius 2 is 1.59 bits per heavy atom. The van der Waals surface area contributed by atoms with Gasteiger partial charge >= 0.3 is 0 Å². The number of rotatable bonds is 4. The Hall–Kier alpha value is -4.36. The van der Waals surface area contributed by atoms with Crippen LogP contribution < -0.4 is 11.5 Å². The van der Waals surface area contributed by atoms with Crippen LogP contribution in [0, 0.1) is 0 Å². The highest BCUT2D eigenvalue weighted by atomic mass is 16.2. The first-order valence-corrected chi connectivity index (χ1v) is 12.5. The third-order valence-electron chi connectivity index (χ3n) is 7.49. The average molecular weight is 492 g/mol. The molecule has 7 nitrogen and oxygen atoms in total. The van der Waals surface area contributed by atoms with E-state index in [4.69, 9.17) is 11.5 Å². The minimum absolute atomic E-state index is 0.0377. The molecule has 7 heteroatoms. The van der Waals surface area contributed by atoms with E-state index >= 15 is 0 Å². The lowest BCUT2D eigenvalue weighted by molar-refractivity contribution is -0.117. The number of nitrogens with two attached hydrogens (primary N) is 2. The first-order chi connectivity index (χ1) is 17.9. The lowest BCUT2D eigenvalue weighted by atomic mass is 9.92. The molecular formula is C30H29N5O2. The van der Waals surface area contributed by atoms with Crippen LogP contribution in [0.25, 0.3) is 43.7 Å². The number of benzene rings is 4. The number of nitrogen functional groups attached to an aromatic ring is 1. The first kappa shape index (κ1) is 23.1. The maximum Gasteiger partial charge on any atom is 0.254 e. The van der Waals surface area contributed by atoms with E-state index < -0.39 is 5.91 Å². The van der Waals surface area contributed by atoms with Crippen LogP contribution in [0.4, 0.5) is 5.69 Å². The Morgan fingerprint density at radius 3 is 2.35 bits per heavy atom. The van der Waals surface area contributed by atoms with Gasteiger partial charge in [0.1, 0.15) is 0 Å². The number of primary amides is 1. The minimum atomic E-state index is -0.392. The number of nitrogens with zero attached hydrogens (tertiary/aromatic N) is 2. The van der Waals surface area contributed by atoms with Gasteiger partial charge < -0.3 is 26.3 Å². The zero-order valence-corrected chi connectivity index (χ0v) is 20.8. The first-order valence-electron chi connectivity index (χ1n) is 12.5. The Bertz CT molecular complexity index is 1700. The van der Waals surface area contributed by atoms with Gasteiger partial charge in [-0.15, -0.1) is 0 Å². The van der Waals surface area contributed by atoms with Gasteiger partial charge in [0.2, 0.25) is 5.91 Å². The number of nitrogens with one attached hydrogen (secondary N) is 1. The average Bonchev–Trinajstić information content (AvgIpc) is 3.29. The summed E-state index contributed by atoms with van der Waals surface area (Å²) in [6.07, 6.45) is 0.124. The van der Waals surface area contributed by atoms with Crippen molar-refractivity contribution < 1.29 is 9.59 Å². The summed E-state index contributed by atoms with van der Waals surface area (Å²) in [5.41, 5.74) is 17.9. The van der Waals surface area contributed by atoms with Crippen LogP contribution in [0.3, 0.4) is 0 Å². The lowest BCUT2D eigenvalue weighted by Gasteiger charge is -2.32. The van der Waals surface area contributed by atoms with E-state index in [1.54, 1.807) is 0 Å². The van der Waals surface area contributed by atoms with Crippen molar-refractivity contribution >= 4 is 50.1 Å². The minimum Gasteiger partial charge on any atom is -0.398 e. The second kappa shape index (κ2) is 8.94. The van der Waals surface area contributed by atoms with Gasteiger partial charge in [-0.2, -0.15) is 0 Å². The highest BCUT2D eigenvalue weighted by molar-refractivity contribution is 6.19. The highest BCUT2D eigenvalue weighted by Gasteiger charge is 2.22. The molecule has 1 aliphatic rings. The zero-order valence-electron chi connectivity index (χ0n) is 20.8. The number of carbonyl (C=O) groups is 2. The van der Waals surface area contributed by atoms with E-state index in [2.05, 4.69) is 29.1 Å². The second-order valence-corrected chi connectivity index (χ2v) is 9.89. The van der Waals surface area contributed by atoms with Crippen molar-refractivity contribution in [2.24, 2.45) is 5.73 Å². The van der Waals surface area contributed by atoms with Crippen LogP contribution in [0.5, 0.6) is 0 Å². The molecule has 186 valence electrons. The van der Waals surface area contributed by atoms with Crippen molar-refractivity contribution in [3.8, 4) is 11.1 Å². The molecule has 0 bridgehead atoms. The van der Waals surface area contributed by atoms with E-state index in [1.807, 2.05) is 59.5 Å². The second-order valence-electron chi connectivity index (χ2n) is 9.89. The molecule has 5 aromatic rings. The molecule has 2 heterocycles. The van der Waals surface area contributed by atoms with Crippen molar-refractivity contribution in [1.29, 1.82) is 0 Å². The number of piperazine rings is 1. The van der Waals surface area contributed by atoms with Crippen LogP contribution in [0.1, 0.15) is 15.9 Å². The fourth-order valence-electron chi connectivity index (χ4n) is 5.51. The third-order valence-corrected chi connectivity index (χ3v) is 7.49. The van der Waals surface area contributed by atoms with E-state index in [9.17, 15) is 9.59 Å². The van der Waals surface area contributed by atoms with Gasteiger partial charge in [0, 0.05) is 59.1 Å². The number of hydrogen-bond acceptors (Lipinski definition) is 4. The standard InChI is InChI=1S/C30H29N5O2/c1-34-12-14-35(15-13-34)30(37)19-7-9-24-26(16-19)33-29-18(17-27(32)36)6-8-23(28(24)29)21-10-11-25(31)22-5-3-2-4-20(21)22/h2-11,16,33H,12-15,17,31H2,1H3,(H2,32,36). The number of carbonyl (C=O) groups excluding carboxylic acids is 2. The number of aromatic nitrogens is 1. The normalized spacial score (nSPS) is 14.6. The molecule has 0 atom stereocenters. The van der Waals surface area contributed by atoms with E-state index in [-0.39, 0.29) is 12.3 Å². The van der Waals surface area contributed by atoms with Crippen molar-refractivity contribution in [2.75, 3.05) is 39.0 Å². The number of fused-ring (bicyclic) bond motifs is 4. The summed E-state index contributed by atoms with van der Waals surface area (Å²) < 4.78 is 0. The SMILES string of the molecule is CN1CCN(C(=O)c2ccc3c(c2)[nH]c2c(CC(N)=O)ccc(-c4ccc(N)c5ccccc45)c23)CC1. The number of likely N-dealkylation sites (N-methyl/N-ethyl adjacent to an activating group) is 1. The fraction of sp³-hybridized carbons (Fsp3) is 0.200. The van der Waals surface area contributed by atoms with E-state index in [0.717, 1.165) is 81.1 Å². The van der Waals surface area contributed by atoms with Gasteiger partial charge in [0.05, 0.1) is 11.9 Å². The van der Waals surface area contributed by atoms with Crippen LogP contribution in [-0.4, -0.2) is 59.8 Å². The van der Waals surface area contributed by atoms with Crippen molar-refractivity contribution in [3.63, 3.8) is 0 Å². The van der Waals surface area contributed by atoms with Gasteiger partial charge in [-0.3, -0.25) is 9.59 Å².